The average Bonchev–Trinajstić information content (AvgIpc) is 3.41. The van der Waals surface area contributed by atoms with Gasteiger partial charge in [-0.1, -0.05) is 74.3 Å². The molecule has 2 atom stereocenters. The fourth-order valence-corrected chi connectivity index (χ4v) is 6.72. The van der Waals surface area contributed by atoms with Gasteiger partial charge in [-0.25, -0.2) is 17.9 Å². The van der Waals surface area contributed by atoms with E-state index in [1.165, 1.54) is 0 Å². The van der Waals surface area contributed by atoms with Crippen LogP contribution in [-0.2, 0) is 15.4 Å². The molecule has 0 bridgehead atoms. The van der Waals surface area contributed by atoms with E-state index in [1.807, 2.05) is 71.3 Å². The summed E-state index contributed by atoms with van der Waals surface area (Å²) in [6, 6.07) is 20.3. The van der Waals surface area contributed by atoms with E-state index in [0.29, 0.717) is 67.5 Å². The zero-order chi connectivity index (χ0) is 33.9. The van der Waals surface area contributed by atoms with Crippen LogP contribution in [-0.4, -0.2) is 87.1 Å². The number of carbonyl (C=O) groups is 1. The number of halogens is 2. The molecule has 252 valence electrons. The summed E-state index contributed by atoms with van der Waals surface area (Å²) in [6.45, 7) is 12.0. The molecule has 3 aromatic carbocycles. The molecule has 0 aromatic heterocycles. The molecule has 0 radical (unpaired) electrons. The highest BCUT2D eigenvalue weighted by molar-refractivity contribution is 7.88. The van der Waals surface area contributed by atoms with E-state index < -0.39 is 22.1 Å². The maximum Gasteiger partial charge on any atom is 0.326 e. The fourth-order valence-electron chi connectivity index (χ4n) is 6.01. The van der Waals surface area contributed by atoms with Crippen LogP contribution < -0.4 is 9.46 Å². The van der Waals surface area contributed by atoms with Crippen LogP contribution in [0.1, 0.15) is 62.0 Å². The molecule has 0 spiro atoms. The minimum Gasteiger partial charge on any atom is -0.493 e. The van der Waals surface area contributed by atoms with Gasteiger partial charge in [0.2, 0.25) is 10.0 Å². The SMILES string of the molecule is CCOc1cc(C(C)(C)C)ccc1C1=N[C@@H](c2ccc(Cl)cc2)[C@@H](c2ccc(Cl)cc2)N1C(=O)N1CCN(CCNS(C)(=O)=O)CC1. The highest BCUT2D eigenvalue weighted by atomic mass is 35.5. The summed E-state index contributed by atoms with van der Waals surface area (Å²) in [5.41, 5.74) is 3.58. The first kappa shape index (κ1) is 35.2. The Morgan fingerprint density at radius 2 is 1.53 bits per heavy atom. The van der Waals surface area contributed by atoms with Crippen molar-refractivity contribution in [3.8, 4) is 5.75 Å². The Balaban J connectivity index is 1.56. The van der Waals surface area contributed by atoms with E-state index in [0.717, 1.165) is 28.5 Å². The molecular formula is C35H43Cl2N5O4S. The summed E-state index contributed by atoms with van der Waals surface area (Å²) in [7, 11) is -3.26. The van der Waals surface area contributed by atoms with Crippen molar-refractivity contribution in [1.29, 1.82) is 0 Å². The van der Waals surface area contributed by atoms with E-state index >= 15 is 0 Å². The third-order valence-electron chi connectivity index (χ3n) is 8.52. The van der Waals surface area contributed by atoms with E-state index in [9.17, 15) is 13.2 Å². The number of sulfonamides is 1. The summed E-state index contributed by atoms with van der Waals surface area (Å²) < 4.78 is 31.8. The van der Waals surface area contributed by atoms with Gasteiger partial charge in [-0.15, -0.1) is 0 Å². The van der Waals surface area contributed by atoms with Crippen molar-refractivity contribution in [3.05, 3.63) is 99.0 Å². The number of piperazine rings is 1. The average molecular weight is 701 g/mol. The minimum atomic E-state index is -3.26. The highest BCUT2D eigenvalue weighted by Crippen LogP contribution is 2.46. The molecule has 5 rings (SSSR count). The monoisotopic (exact) mass is 699 g/mol. The number of nitrogens with one attached hydrogen (secondary N) is 1. The maximum absolute atomic E-state index is 14.8. The molecule has 0 unspecified atom stereocenters. The summed E-state index contributed by atoms with van der Waals surface area (Å²) >= 11 is 12.6. The second-order valence-electron chi connectivity index (χ2n) is 13.0. The van der Waals surface area contributed by atoms with Gasteiger partial charge in [-0.2, -0.15) is 0 Å². The molecule has 0 aliphatic carbocycles. The second kappa shape index (κ2) is 14.5. The first-order valence-electron chi connectivity index (χ1n) is 15.9. The molecule has 1 saturated heterocycles. The lowest BCUT2D eigenvalue weighted by Gasteiger charge is -2.39. The van der Waals surface area contributed by atoms with E-state index in [2.05, 4.69) is 42.5 Å². The Hall–Kier alpha value is -3.15. The van der Waals surface area contributed by atoms with Crippen molar-refractivity contribution in [2.24, 2.45) is 4.99 Å². The number of urea groups is 1. The lowest BCUT2D eigenvalue weighted by molar-refractivity contribution is 0.120. The third-order valence-corrected chi connectivity index (χ3v) is 9.75. The molecule has 12 heteroatoms. The molecule has 9 nitrogen and oxygen atoms in total. The van der Waals surface area contributed by atoms with E-state index in [1.54, 1.807) is 0 Å². The Kier molecular flexibility index (Phi) is 10.9. The molecule has 2 heterocycles. The predicted octanol–water partition coefficient (Wildman–Crippen LogP) is 6.52. The van der Waals surface area contributed by atoms with Crippen LogP contribution in [0, 0.1) is 0 Å². The molecular weight excluding hydrogens is 657 g/mol. The highest BCUT2D eigenvalue weighted by Gasteiger charge is 2.45. The number of ether oxygens (including phenoxy) is 1. The second-order valence-corrected chi connectivity index (χ2v) is 15.7. The molecule has 3 aromatic rings. The predicted molar refractivity (Wildman–Crippen MR) is 189 cm³/mol. The lowest BCUT2D eigenvalue weighted by atomic mass is 9.86. The van der Waals surface area contributed by atoms with Crippen LogP contribution >= 0.6 is 23.2 Å². The molecule has 1 N–H and O–H groups in total. The van der Waals surface area contributed by atoms with Gasteiger partial charge >= 0.3 is 6.03 Å². The summed E-state index contributed by atoms with van der Waals surface area (Å²) in [5.74, 6) is 1.21. The van der Waals surface area contributed by atoms with Crippen LogP contribution in [0.15, 0.2) is 71.7 Å². The van der Waals surface area contributed by atoms with Crippen LogP contribution in [0.4, 0.5) is 4.79 Å². The zero-order valence-electron chi connectivity index (χ0n) is 27.5. The van der Waals surface area contributed by atoms with Crippen molar-refractivity contribution in [2.75, 3.05) is 52.1 Å². The van der Waals surface area contributed by atoms with E-state index in [4.69, 9.17) is 32.9 Å². The summed E-state index contributed by atoms with van der Waals surface area (Å²) in [6.07, 6.45) is 1.15. The Morgan fingerprint density at radius 1 is 0.936 bits per heavy atom. The number of aliphatic imine (C=N–C) groups is 1. The lowest BCUT2D eigenvalue weighted by Crippen LogP contribution is -2.54. The van der Waals surface area contributed by atoms with Crippen molar-refractivity contribution in [1.82, 2.24) is 19.4 Å². The van der Waals surface area contributed by atoms with E-state index in [-0.39, 0.29) is 11.4 Å². The Morgan fingerprint density at radius 3 is 2.09 bits per heavy atom. The normalized spacial score (nSPS) is 19.2. The third kappa shape index (κ3) is 8.48. The number of nitrogens with zero attached hydrogens (tertiary/aromatic N) is 4. The van der Waals surface area contributed by atoms with Gasteiger partial charge in [-0.3, -0.25) is 14.8 Å². The van der Waals surface area contributed by atoms with Crippen molar-refractivity contribution in [2.45, 2.75) is 45.2 Å². The van der Waals surface area contributed by atoms with Gasteiger partial charge in [0.1, 0.15) is 17.6 Å². The summed E-state index contributed by atoms with van der Waals surface area (Å²) in [5, 5.41) is 1.22. The maximum atomic E-state index is 14.8. The molecule has 47 heavy (non-hydrogen) atoms. The van der Waals surface area contributed by atoms with Crippen LogP contribution in [0.3, 0.4) is 0 Å². The van der Waals surface area contributed by atoms with Gasteiger partial charge in [0.05, 0.1) is 24.5 Å². The number of benzene rings is 3. The van der Waals surface area contributed by atoms with Crippen molar-refractivity contribution < 1.29 is 17.9 Å². The number of amidine groups is 1. The Bertz CT molecular complexity index is 1700. The number of hydrogen-bond acceptors (Lipinski definition) is 6. The van der Waals surface area contributed by atoms with Gasteiger partial charge in [0.15, 0.2) is 0 Å². The quantitative estimate of drug-likeness (QED) is 0.275. The Labute approximate surface area is 288 Å². The fraction of sp³-hybridized carbons (Fsp3) is 0.429. The first-order chi connectivity index (χ1) is 22.2. The van der Waals surface area contributed by atoms with Crippen molar-refractivity contribution >= 4 is 45.1 Å². The van der Waals surface area contributed by atoms with Gasteiger partial charge in [0, 0.05) is 49.3 Å². The number of rotatable bonds is 9. The number of carbonyl (C=O) groups excluding carboxylic acids is 1. The van der Waals surface area contributed by atoms with Crippen LogP contribution in [0.2, 0.25) is 10.0 Å². The first-order valence-corrected chi connectivity index (χ1v) is 18.5. The van der Waals surface area contributed by atoms with Gasteiger partial charge < -0.3 is 9.64 Å². The minimum absolute atomic E-state index is 0.106. The smallest absolute Gasteiger partial charge is 0.326 e. The topological polar surface area (TPSA) is 94.6 Å². The number of amides is 2. The van der Waals surface area contributed by atoms with Gasteiger partial charge in [0.25, 0.3) is 0 Å². The van der Waals surface area contributed by atoms with Crippen LogP contribution in [0.25, 0.3) is 0 Å². The summed E-state index contributed by atoms with van der Waals surface area (Å²) in [4.78, 5) is 25.9. The largest absolute Gasteiger partial charge is 0.493 e. The van der Waals surface area contributed by atoms with Crippen molar-refractivity contribution in [3.63, 3.8) is 0 Å². The molecule has 1 fully saturated rings. The molecule has 2 aliphatic heterocycles. The van der Waals surface area contributed by atoms with Crippen LogP contribution in [0.5, 0.6) is 5.75 Å². The molecule has 2 amide bonds. The number of hydrogen-bond donors (Lipinski definition) is 1. The standard InChI is InChI=1S/C35H43Cl2N5O4S/c1-6-46-30-23-26(35(2,3)4)11-16-29(30)33-39-31(24-7-12-27(36)13-8-24)32(25-9-14-28(37)15-10-25)42(33)34(43)41-21-19-40(20-22-41)18-17-38-47(5,44)45/h7-16,23,31-32,38H,6,17-22H2,1-5H3/t31-,32+/m0/s1. The zero-order valence-corrected chi connectivity index (χ0v) is 29.9. The van der Waals surface area contributed by atoms with Gasteiger partial charge in [-0.05, 0) is 65.4 Å². The molecule has 2 aliphatic rings. The molecule has 0 saturated carbocycles.